The molecule has 7 heteroatoms. The third kappa shape index (κ3) is 3.15. The lowest BCUT2D eigenvalue weighted by Crippen LogP contribution is -2.23. The maximum atomic E-state index is 12.5. The zero-order valence-corrected chi connectivity index (χ0v) is 10.4. The van der Waals surface area contributed by atoms with Gasteiger partial charge in [0, 0.05) is 11.1 Å². The first-order valence-electron chi connectivity index (χ1n) is 5.31. The molecule has 1 unspecified atom stereocenters. The number of benzene rings is 1. The molecule has 0 aliphatic heterocycles. The van der Waals surface area contributed by atoms with Gasteiger partial charge in [0.15, 0.2) is 5.92 Å². The van der Waals surface area contributed by atoms with E-state index in [-0.39, 0.29) is 5.75 Å². The van der Waals surface area contributed by atoms with Crippen LogP contribution in [0.2, 0.25) is 0 Å². The van der Waals surface area contributed by atoms with Crippen molar-refractivity contribution in [2.45, 2.75) is 11.2 Å². The van der Waals surface area contributed by atoms with Crippen molar-refractivity contribution in [3.05, 3.63) is 30.6 Å². The smallest absolute Gasteiger partial charge is 0.236 e. The van der Waals surface area contributed by atoms with Gasteiger partial charge in [0.25, 0.3) is 0 Å². The topological polar surface area (TPSA) is 49.6 Å². The lowest BCUT2D eigenvalue weighted by molar-refractivity contribution is -0.152. The number of fused-ring (bicyclic) bond motifs is 1. The third-order valence-corrected chi connectivity index (χ3v) is 3.54. The maximum absolute atomic E-state index is 12.5. The van der Waals surface area contributed by atoms with E-state index in [2.05, 4.69) is 9.97 Å². The molecule has 2 aromatic rings. The van der Waals surface area contributed by atoms with Crippen LogP contribution in [0, 0.1) is 17.2 Å². The molecule has 1 heterocycles. The van der Waals surface area contributed by atoms with E-state index in [9.17, 15) is 13.2 Å². The Hall–Kier alpha value is -1.81. The van der Waals surface area contributed by atoms with Crippen LogP contribution in [0.25, 0.3) is 10.9 Å². The van der Waals surface area contributed by atoms with Gasteiger partial charge in [-0.3, -0.25) is 0 Å². The second-order valence-corrected chi connectivity index (χ2v) is 4.74. The summed E-state index contributed by atoms with van der Waals surface area (Å²) in [5, 5.41) is 9.68. The molecule has 1 aromatic heterocycles. The highest BCUT2D eigenvalue weighted by Crippen LogP contribution is 2.32. The minimum absolute atomic E-state index is 0.374. The number of para-hydroxylation sites is 1. The zero-order chi connectivity index (χ0) is 13.9. The molecule has 0 N–H and O–H groups in total. The molecule has 3 nitrogen and oxygen atoms in total. The van der Waals surface area contributed by atoms with Crippen molar-refractivity contribution in [1.29, 1.82) is 5.26 Å². The fourth-order valence-electron chi connectivity index (χ4n) is 1.46. The predicted octanol–water partition coefficient (Wildman–Crippen LogP) is 3.42. The van der Waals surface area contributed by atoms with Crippen molar-refractivity contribution >= 4 is 22.7 Å². The predicted molar refractivity (Wildman–Crippen MR) is 65.4 cm³/mol. The fraction of sp³-hybridized carbons (Fsp3) is 0.250. The normalized spacial score (nSPS) is 13.2. The Kier molecular flexibility index (Phi) is 3.90. The second kappa shape index (κ2) is 5.45. The lowest BCUT2D eigenvalue weighted by Gasteiger charge is -2.12. The Morgan fingerprint density at radius 1 is 1.26 bits per heavy atom. The van der Waals surface area contributed by atoms with Crippen LogP contribution in [-0.4, -0.2) is 21.9 Å². The minimum atomic E-state index is -4.51. The quantitative estimate of drug-likeness (QED) is 0.639. The van der Waals surface area contributed by atoms with Gasteiger partial charge < -0.3 is 0 Å². The third-order valence-electron chi connectivity index (χ3n) is 2.44. The summed E-state index contributed by atoms with van der Waals surface area (Å²) in [4.78, 5) is 8.00. The van der Waals surface area contributed by atoms with Crippen molar-refractivity contribution in [3.8, 4) is 6.07 Å². The highest BCUT2D eigenvalue weighted by molar-refractivity contribution is 7.99. The molecule has 0 saturated carbocycles. The monoisotopic (exact) mass is 283 g/mol. The van der Waals surface area contributed by atoms with Crippen LogP contribution >= 0.6 is 11.8 Å². The van der Waals surface area contributed by atoms with Gasteiger partial charge in [0.05, 0.1) is 11.6 Å². The zero-order valence-electron chi connectivity index (χ0n) is 9.55. The molecule has 2 rings (SSSR count). The number of rotatable bonds is 3. The molecule has 1 aromatic carbocycles. The Labute approximate surface area is 111 Å². The summed E-state index contributed by atoms with van der Waals surface area (Å²) in [5.74, 6) is -2.37. The van der Waals surface area contributed by atoms with E-state index in [4.69, 9.17) is 5.26 Å². The molecular formula is C12H8F3N3S. The first-order chi connectivity index (χ1) is 9.02. The molecule has 0 aliphatic rings. The first kappa shape index (κ1) is 13.6. The van der Waals surface area contributed by atoms with Gasteiger partial charge >= 0.3 is 6.18 Å². The number of hydrogen-bond donors (Lipinski definition) is 0. The van der Waals surface area contributed by atoms with E-state index in [0.29, 0.717) is 15.9 Å². The van der Waals surface area contributed by atoms with E-state index in [1.54, 1.807) is 24.3 Å². The van der Waals surface area contributed by atoms with Gasteiger partial charge in [-0.25, -0.2) is 9.97 Å². The number of thioether (sulfide) groups is 1. The van der Waals surface area contributed by atoms with Crippen LogP contribution in [0.4, 0.5) is 13.2 Å². The van der Waals surface area contributed by atoms with Gasteiger partial charge in [0.1, 0.15) is 11.4 Å². The molecular weight excluding hydrogens is 275 g/mol. The van der Waals surface area contributed by atoms with Gasteiger partial charge in [0.2, 0.25) is 0 Å². The molecule has 98 valence electrons. The van der Waals surface area contributed by atoms with Crippen molar-refractivity contribution in [3.63, 3.8) is 0 Å². The van der Waals surface area contributed by atoms with Crippen LogP contribution in [0.15, 0.2) is 35.6 Å². The Balaban J connectivity index is 2.21. The largest absolute Gasteiger partial charge is 0.405 e. The summed E-state index contributed by atoms with van der Waals surface area (Å²) in [6.07, 6.45) is -3.20. The summed E-state index contributed by atoms with van der Waals surface area (Å²) < 4.78 is 37.4. The Bertz CT molecular complexity index is 616. The standard InChI is InChI=1S/C12H8F3N3S/c13-12(14,15)8(5-16)6-19-11-9-3-1-2-4-10(9)17-7-18-11/h1-4,7-8H,6H2. The van der Waals surface area contributed by atoms with Crippen LogP contribution in [-0.2, 0) is 0 Å². The first-order valence-corrected chi connectivity index (χ1v) is 6.30. The summed E-state index contributed by atoms with van der Waals surface area (Å²) in [6.45, 7) is 0. The fourth-order valence-corrected chi connectivity index (χ4v) is 2.50. The second-order valence-electron chi connectivity index (χ2n) is 3.73. The number of hydrogen-bond acceptors (Lipinski definition) is 4. The van der Waals surface area contributed by atoms with Crippen molar-refractivity contribution in [2.75, 3.05) is 5.75 Å². The molecule has 1 atom stereocenters. The average Bonchev–Trinajstić information content (AvgIpc) is 2.38. The number of nitriles is 1. The van der Waals surface area contributed by atoms with Crippen molar-refractivity contribution < 1.29 is 13.2 Å². The van der Waals surface area contributed by atoms with Crippen LogP contribution in [0.5, 0.6) is 0 Å². The summed E-state index contributed by atoms with van der Waals surface area (Å²) >= 11 is 0.916. The number of nitrogens with zero attached hydrogens (tertiary/aromatic N) is 3. The van der Waals surface area contributed by atoms with E-state index in [0.717, 1.165) is 11.8 Å². The van der Waals surface area contributed by atoms with E-state index < -0.39 is 12.1 Å². The van der Waals surface area contributed by atoms with Crippen LogP contribution in [0.1, 0.15) is 0 Å². The molecule has 0 aliphatic carbocycles. The summed E-state index contributed by atoms with van der Waals surface area (Å²) in [7, 11) is 0. The molecule has 0 radical (unpaired) electrons. The van der Waals surface area contributed by atoms with E-state index in [1.165, 1.54) is 12.4 Å². The molecule has 0 bridgehead atoms. The Morgan fingerprint density at radius 2 is 2.00 bits per heavy atom. The highest BCUT2D eigenvalue weighted by Gasteiger charge is 2.39. The highest BCUT2D eigenvalue weighted by atomic mass is 32.2. The van der Waals surface area contributed by atoms with Crippen molar-refractivity contribution in [2.24, 2.45) is 5.92 Å². The molecule has 0 saturated heterocycles. The lowest BCUT2D eigenvalue weighted by atomic mass is 10.2. The number of halogens is 3. The van der Waals surface area contributed by atoms with Crippen molar-refractivity contribution in [1.82, 2.24) is 9.97 Å². The average molecular weight is 283 g/mol. The van der Waals surface area contributed by atoms with Crippen LogP contribution in [0.3, 0.4) is 0 Å². The van der Waals surface area contributed by atoms with Gasteiger partial charge in [-0.05, 0) is 6.07 Å². The maximum Gasteiger partial charge on any atom is 0.405 e. The van der Waals surface area contributed by atoms with Gasteiger partial charge in [-0.15, -0.1) is 11.8 Å². The number of aromatic nitrogens is 2. The SMILES string of the molecule is N#CC(CSc1ncnc2ccccc12)C(F)(F)F. The minimum Gasteiger partial charge on any atom is -0.236 e. The number of alkyl halides is 3. The molecule has 0 amide bonds. The Morgan fingerprint density at radius 3 is 2.68 bits per heavy atom. The molecule has 0 fully saturated rings. The van der Waals surface area contributed by atoms with Gasteiger partial charge in [-0.2, -0.15) is 18.4 Å². The molecule has 19 heavy (non-hydrogen) atoms. The van der Waals surface area contributed by atoms with E-state index in [1.807, 2.05) is 0 Å². The molecule has 0 spiro atoms. The van der Waals surface area contributed by atoms with Gasteiger partial charge in [-0.1, -0.05) is 18.2 Å². The summed E-state index contributed by atoms with van der Waals surface area (Å²) in [6, 6.07) is 8.32. The summed E-state index contributed by atoms with van der Waals surface area (Å²) in [5.41, 5.74) is 0.667. The van der Waals surface area contributed by atoms with Crippen LogP contribution < -0.4 is 0 Å². The van der Waals surface area contributed by atoms with E-state index >= 15 is 0 Å².